The van der Waals surface area contributed by atoms with Crippen LogP contribution in [0.1, 0.15) is 38.1 Å². The van der Waals surface area contributed by atoms with Crippen LogP contribution in [0.25, 0.3) is 21.3 Å². The molecule has 0 aliphatic rings. The Labute approximate surface area is 167 Å². The van der Waals surface area contributed by atoms with E-state index in [0.29, 0.717) is 23.2 Å². The van der Waals surface area contributed by atoms with Crippen molar-refractivity contribution in [2.75, 3.05) is 13.2 Å². The van der Waals surface area contributed by atoms with Gasteiger partial charge in [-0.05, 0) is 44.9 Å². The van der Waals surface area contributed by atoms with E-state index in [9.17, 15) is 9.59 Å². The number of aryl methyl sites for hydroxylation is 1. The number of hydrogen-bond donors (Lipinski definition) is 0. The Hall–Kier alpha value is -2.67. The highest BCUT2D eigenvalue weighted by Crippen LogP contribution is 2.36. The van der Waals surface area contributed by atoms with Gasteiger partial charge in [0.1, 0.15) is 16.6 Å². The van der Waals surface area contributed by atoms with Crippen molar-refractivity contribution in [3.63, 3.8) is 0 Å². The van der Waals surface area contributed by atoms with E-state index in [4.69, 9.17) is 9.47 Å². The Kier molecular flexibility index (Phi) is 6.14. The van der Waals surface area contributed by atoms with Crippen LogP contribution in [0.4, 0.5) is 0 Å². The van der Waals surface area contributed by atoms with Crippen molar-refractivity contribution in [3.8, 4) is 16.9 Å². The van der Waals surface area contributed by atoms with Crippen molar-refractivity contribution in [2.45, 2.75) is 40.2 Å². The van der Waals surface area contributed by atoms with Crippen LogP contribution in [0, 0.1) is 6.92 Å². The topological polar surface area (TPSA) is 70.4 Å². The van der Waals surface area contributed by atoms with Gasteiger partial charge in [0.25, 0.3) is 5.56 Å². The third-order valence-corrected chi connectivity index (χ3v) is 5.56. The maximum Gasteiger partial charge on any atom is 0.329 e. The van der Waals surface area contributed by atoms with Gasteiger partial charge in [-0.2, -0.15) is 0 Å². The molecule has 0 amide bonds. The van der Waals surface area contributed by atoms with Crippen LogP contribution < -0.4 is 10.3 Å². The molecule has 0 fully saturated rings. The Balaban J connectivity index is 2.15. The maximum atomic E-state index is 13.3. The normalized spacial score (nSPS) is 12.1. The van der Waals surface area contributed by atoms with Gasteiger partial charge in [0.15, 0.2) is 0 Å². The molecule has 28 heavy (non-hydrogen) atoms. The minimum Gasteiger partial charge on any atom is -0.494 e. The van der Waals surface area contributed by atoms with Gasteiger partial charge in [-0.25, -0.2) is 9.78 Å². The highest BCUT2D eigenvalue weighted by molar-refractivity contribution is 7.19. The molecule has 0 radical (unpaired) electrons. The summed E-state index contributed by atoms with van der Waals surface area (Å²) in [6, 6.07) is 6.99. The van der Waals surface area contributed by atoms with E-state index in [1.54, 1.807) is 6.92 Å². The monoisotopic (exact) mass is 400 g/mol. The number of ether oxygens (including phenoxy) is 2. The molecule has 0 saturated heterocycles. The van der Waals surface area contributed by atoms with Gasteiger partial charge in [0, 0.05) is 10.4 Å². The number of benzene rings is 1. The highest BCUT2D eigenvalue weighted by Gasteiger charge is 2.24. The van der Waals surface area contributed by atoms with Crippen molar-refractivity contribution in [1.82, 2.24) is 9.55 Å². The van der Waals surface area contributed by atoms with E-state index in [1.807, 2.05) is 45.0 Å². The number of hydrogen-bond acceptors (Lipinski definition) is 6. The van der Waals surface area contributed by atoms with Crippen molar-refractivity contribution >= 4 is 27.5 Å². The molecule has 0 spiro atoms. The van der Waals surface area contributed by atoms with E-state index in [-0.39, 0.29) is 12.2 Å². The summed E-state index contributed by atoms with van der Waals surface area (Å²) in [7, 11) is 0. The number of fused-ring (bicyclic) bond motifs is 1. The first kappa shape index (κ1) is 20.1. The second-order valence-corrected chi connectivity index (χ2v) is 7.51. The molecule has 0 aliphatic carbocycles. The van der Waals surface area contributed by atoms with E-state index in [2.05, 4.69) is 4.98 Å². The van der Waals surface area contributed by atoms with Crippen LogP contribution in [0.5, 0.6) is 5.75 Å². The summed E-state index contributed by atoms with van der Waals surface area (Å²) in [6.45, 7) is 8.39. The predicted octanol–water partition coefficient (Wildman–Crippen LogP) is 4.35. The number of esters is 1. The molecule has 0 aliphatic heterocycles. The van der Waals surface area contributed by atoms with Crippen LogP contribution in [-0.2, 0) is 9.53 Å². The Morgan fingerprint density at radius 1 is 1.18 bits per heavy atom. The lowest BCUT2D eigenvalue weighted by atomic mass is 10.0. The van der Waals surface area contributed by atoms with Crippen molar-refractivity contribution in [3.05, 3.63) is 45.8 Å². The van der Waals surface area contributed by atoms with Gasteiger partial charge in [0.2, 0.25) is 0 Å². The SMILES string of the molecule is CCOC(=O)[C@H](CC)n1cnc2sc(C)c(-c3ccc(OCC)cc3)c2c1=O. The zero-order valence-electron chi connectivity index (χ0n) is 16.5. The summed E-state index contributed by atoms with van der Waals surface area (Å²) >= 11 is 1.48. The maximum absolute atomic E-state index is 13.3. The predicted molar refractivity (Wildman–Crippen MR) is 111 cm³/mol. The quantitative estimate of drug-likeness (QED) is 0.552. The van der Waals surface area contributed by atoms with Crippen LogP contribution in [0.2, 0.25) is 0 Å². The number of carbonyl (C=O) groups excluding carboxylic acids is 1. The van der Waals surface area contributed by atoms with E-state index in [0.717, 1.165) is 21.8 Å². The zero-order chi connectivity index (χ0) is 20.3. The number of carbonyl (C=O) groups is 1. The average molecular weight is 401 g/mol. The number of aromatic nitrogens is 2. The van der Waals surface area contributed by atoms with E-state index >= 15 is 0 Å². The van der Waals surface area contributed by atoms with Crippen molar-refractivity contribution in [1.29, 1.82) is 0 Å². The molecule has 3 aromatic rings. The largest absolute Gasteiger partial charge is 0.494 e. The molecule has 148 valence electrons. The average Bonchev–Trinajstić information content (AvgIpc) is 3.02. The van der Waals surface area contributed by atoms with E-state index in [1.165, 1.54) is 22.2 Å². The summed E-state index contributed by atoms with van der Waals surface area (Å²) in [5, 5.41) is 0.539. The fourth-order valence-corrected chi connectivity index (χ4v) is 4.29. The number of rotatable bonds is 7. The molecule has 1 aromatic carbocycles. The third-order valence-electron chi connectivity index (χ3n) is 4.55. The van der Waals surface area contributed by atoms with Crippen LogP contribution in [-0.4, -0.2) is 28.7 Å². The first-order valence-electron chi connectivity index (χ1n) is 9.41. The lowest BCUT2D eigenvalue weighted by molar-refractivity contribution is -0.147. The van der Waals surface area contributed by atoms with Crippen LogP contribution in [0.3, 0.4) is 0 Å². The molecule has 0 unspecified atom stereocenters. The fourth-order valence-electron chi connectivity index (χ4n) is 3.29. The molecule has 2 heterocycles. The van der Waals surface area contributed by atoms with Gasteiger partial charge < -0.3 is 9.47 Å². The summed E-state index contributed by atoms with van der Waals surface area (Å²) in [5.41, 5.74) is 1.56. The fraction of sp³-hybridized carbons (Fsp3) is 0.381. The highest BCUT2D eigenvalue weighted by atomic mass is 32.1. The summed E-state index contributed by atoms with van der Waals surface area (Å²) in [4.78, 5) is 31.7. The molecule has 3 rings (SSSR count). The number of thiophene rings is 1. The van der Waals surface area contributed by atoms with Crippen LogP contribution in [0.15, 0.2) is 35.4 Å². The molecule has 7 heteroatoms. The van der Waals surface area contributed by atoms with Gasteiger partial charge in [-0.3, -0.25) is 9.36 Å². The molecule has 2 aromatic heterocycles. The van der Waals surface area contributed by atoms with Gasteiger partial charge >= 0.3 is 5.97 Å². The van der Waals surface area contributed by atoms with Gasteiger partial charge in [-0.15, -0.1) is 11.3 Å². The summed E-state index contributed by atoms with van der Waals surface area (Å²) in [5.74, 6) is 0.371. The molecule has 1 atom stereocenters. The summed E-state index contributed by atoms with van der Waals surface area (Å²) in [6.07, 6.45) is 1.90. The first-order valence-corrected chi connectivity index (χ1v) is 10.2. The van der Waals surface area contributed by atoms with Crippen molar-refractivity contribution < 1.29 is 14.3 Å². The Morgan fingerprint density at radius 3 is 2.50 bits per heavy atom. The zero-order valence-corrected chi connectivity index (χ0v) is 17.3. The second-order valence-electron chi connectivity index (χ2n) is 6.30. The molecule has 0 N–H and O–H groups in total. The smallest absolute Gasteiger partial charge is 0.329 e. The lowest BCUT2D eigenvalue weighted by Gasteiger charge is -2.16. The Morgan fingerprint density at radius 2 is 1.89 bits per heavy atom. The first-order chi connectivity index (χ1) is 13.5. The summed E-state index contributed by atoms with van der Waals surface area (Å²) < 4.78 is 12.0. The van der Waals surface area contributed by atoms with Gasteiger partial charge in [-0.1, -0.05) is 19.1 Å². The lowest BCUT2D eigenvalue weighted by Crippen LogP contribution is -2.31. The molecular weight excluding hydrogens is 376 g/mol. The van der Waals surface area contributed by atoms with Gasteiger partial charge in [0.05, 0.1) is 24.9 Å². The second kappa shape index (κ2) is 8.56. The van der Waals surface area contributed by atoms with Crippen molar-refractivity contribution in [2.24, 2.45) is 0 Å². The standard InChI is InChI=1S/C21H24N2O4S/c1-5-16(21(25)27-7-3)23-12-22-19-18(20(23)24)17(13(4)28-19)14-8-10-15(11-9-14)26-6-2/h8-12,16H,5-7H2,1-4H3/t16-/m0/s1. The minimum absolute atomic E-state index is 0.224. The minimum atomic E-state index is -0.683. The number of nitrogens with zero attached hydrogens (tertiary/aromatic N) is 2. The molecule has 0 bridgehead atoms. The Bertz CT molecular complexity index is 1040. The van der Waals surface area contributed by atoms with E-state index < -0.39 is 12.0 Å². The van der Waals surface area contributed by atoms with Crippen LogP contribution >= 0.6 is 11.3 Å². The molecule has 6 nitrogen and oxygen atoms in total. The third kappa shape index (κ3) is 3.67. The molecule has 0 saturated carbocycles. The molecular formula is C21H24N2O4S.